The molecular formula is C17H17FN2O2. The standard InChI is InChI=1S/C17H17FN2O2/c18-15-5-3-11-20(16-6-2-1-4-14(15)16)17(22)19-12-7-9-13(21)10-8-12/h1-2,4,6-10,15,21H,3,5,11H2,(H,19,22). The number of alkyl halides is 1. The van der Waals surface area contributed by atoms with Crippen molar-refractivity contribution in [1.29, 1.82) is 0 Å². The highest BCUT2D eigenvalue weighted by atomic mass is 19.1. The molecule has 0 saturated carbocycles. The van der Waals surface area contributed by atoms with Gasteiger partial charge < -0.3 is 10.4 Å². The Kier molecular flexibility index (Phi) is 3.96. The summed E-state index contributed by atoms with van der Waals surface area (Å²) in [6.45, 7) is 0.474. The average Bonchev–Trinajstić information content (AvgIpc) is 2.69. The van der Waals surface area contributed by atoms with Gasteiger partial charge in [-0.15, -0.1) is 0 Å². The lowest BCUT2D eigenvalue weighted by molar-refractivity contribution is 0.256. The number of para-hydroxylation sites is 1. The van der Waals surface area contributed by atoms with Gasteiger partial charge in [0.05, 0.1) is 5.69 Å². The monoisotopic (exact) mass is 300 g/mol. The Labute approximate surface area is 128 Å². The Hall–Kier alpha value is -2.56. The molecule has 2 aromatic carbocycles. The van der Waals surface area contributed by atoms with Crippen LogP contribution in [0.2, 0.25) is 0 Å². The molecule has 1 aliphatic rings. The lowest BCUT2D eigenvalue weighted by Gasteiger charge is -2.23. The average molecular weight is 300 g/mol. The number of nitrogens with zero attached hydrogens (tertiary/aromatic N) is 1. The van der Waals surface area contributed by atoms with Crippen LogP contribution in [0, 0.1) is 0 Å². The summed E-state index contributed by atoms with van der Waals surface area (Å²) in [5.41, 5.74) is 1.76. The number of nitrogens with one attached hydrogen (secondary N) is 1. The lowest BCUT2D eigenvalue weighted by atomic mass is 10.1. The Morgan fingerprint density at radius 2 is 1.91 bits per heavy atom. The maximum atomic E-state index is 14.2. The van der Waals surface area contributed by atoms with Crippen LogP contribution < -0.4 is 10.2 Å². The molecule has 0 fully saturated rings. The molecule has 3 rings (SSSR count). The minimum Gasteiger partial charge on any atom is -0.508 e. The first-order valence-electron chi connectivity index (χ1n) is 7.26. The number of aromatic hydroxyl groups is 1. The molecule has 2 amide bonds. The normalized spacial score (nSPS) is 17.5. The van der Waals surface area contributed by atoms with Gasteiger partial charge in [0.15, 0.2) is 0 Å². The molecule has 22 heavy (non-hydrogen) atoms. The van der Waals surface area contributed by atoms with Crippen molar-refractivity contribution in [2.24, 2.45) is 0 Å². The fourth-order valence-corrected chi connectivity index (χ4v) is 2.65. The Bertz CT molecular complexity index is 673. The van der Waals surface area contributed by atoms with Gasteiger partial charge in [0.1, 0.15) is 11.9 Å². The van der Waals surface area contributed by atoms with Gasteiger partial charge in [-0.25, -0.2) is 9.18 Å². The van der Waals surface area contributed by atoms with Gasteiger partial charge in [-0.3, -0.25) is 4.90 Å². The van der Waals surface area contributed by atoms with Crippen LogP contribution in [0.25, 0.3) is 0 Å². The van der Waals surface area contributed by atoms with Crippen LogP contribution in [-0.2, 0) is 0 Å². The molecule has 0 aromatic heterocycles. The highest BCUT2D eigenvalue weighted by molar-refractivity contribution is 6.02. The highest BCUT2D eigenvalue weighted by Gasteiger charge is 2.26. The molecule has 0 aliphatic carbocycles. The summed E-state index contributed by atoms with van der Waals surface area (Å²) in [4.78, 5) is 14.1. The van der Waals surface area contributed by atoms with Gasteiger partial charge >= 0.3 is 6.03 Å². The maximum absolute atomic E-state index is 14.2. The van der Waals surface area contributed by atoms with E-state index in [-0.39, 0.29) is 11.8 Å². The quantitative estimate of drug-likeness (QED) is 0.774. The Balaban J connectivity index is 1.85. The van der Waals surface area contributed by atoms with Crippen LogP contribution in [0.3, 0.4) is 0 Å². The van der Waals surface area contributed by atoms with Gasteiger partial charge in [-0.2, -0.15) is 0 Å². The van der Waals surface area contributed by atoms with Crippen molar-refractivity contribution in [3.8, 4) is 5.75 Å². The van der Waals surface area contributed by atoms with Crippen LogP contribution in [0.15, 0.2) is 48.5 Å². The van der Waals surface area contributed by atoms with Gasteiger partial charge in [0.2, 0.25) is 0 Å². The second-order valence-corrected chi connectivity index (χ2v) is 5.30. The zero-order valence-corrected chi connectivity index (χ0v) is 12.0. The van der Waals surface area contributed by atoms with Crippen molar-refractivity contribution in [2.45, 2.75) is 19.0 Å². The summed E-state index contributed by atoms with van der Waals surface area (Å²) < 4.78 is 14.2. The fraction of sp³-hybridized carbons (Fsp3) is 0.235. The molecular weight excluding hydrogens is 283 g/mol. The molecule has 1 unspecified atom stereocenters. The lowest BCUT2D eigenvalue weighted by Crippen LogP contribution is -2.35. The minimum atomic E-state index is -1.04. The number of urea groups is 1. The first-order valence-corrected chi connectivity index (χ1v) is 7.26. The molecule has 1 heterocycles. The number of hydrogen-bond donors (Lipinski definition) is 2. The number of halogens is 1. The fourth-order valence-electron chi connectivity index (χ4n) is 2.65. The topological polar surface area (TPSA) is 52.6 Å². The van der Waals surface area contributed by atoms with Gasteiger partial charge in [-0.05, 0) is 43.2 Å². The number of benzene rings is 2. The molecule has 5 heteroatoms. The van der Waals surface area contributed by atoms with E-state index in [1.165, 1.54) is 12.1 Å². The summed E-state index contributed by atoms with van der Waals surface area (Å²) in [5.74, 6) is 0.137. The third kappa shape index (κ3) is 2.88. The predicted octanol–water partition coefficient (Wildman–Crippen LogP) is 4.24. The van der Waals surface area contributed by atoms with E-state index in [1.54, 1.807) is 41.3 Å². The summed E-state index contributed by atoms with van der Waals surface area (Å²) in [6.07, 6.45) is -0.0126. The molecule has 2 aromatic rings. The molecule has 2 N–H and O–H groups in total. The zero-order chi connectivity index (χ0) is 15.5. The molecule has 114 valence electrons. The second-order valence-electron chi connectivity index (χ2n) is 5.30. The van der Waals surface area contributed by atoms with Gasteiger partial charge in [0.25, 0.3) is 0 Å². The molecule has 0 bridgehead atoms. The third-order valence-electron chi connectivity index (χ3n) is 3.77. The number of phenolic OH excluding ortho intramolecular Hbond substituents is 1. The molecule has 0 spiro atoms. The SMILES string of the molecule is O=C(Nc1ccc(O)cc1)N1CCCC(F)c2ccccc21. The van der Waals surface area contributed by atoms with E-state index in [4.69, 9.17) is 0 Å². The maximum Gasteiger partial charge on any atom is 0.326 e. The number of hydrogen-bond acceptors (Lipinski definition) is 2. The number of amides is 2. The summed E-state index contributed by atoms with van der Waals surface area (Å²) in [5, 5.41) is 12.0. The summed E-state index contributed by atoms with van der Waals surface area (Å²) in [7, 11) is 0. The molecule has 1 aliphatic heterocycles. The summed E-state index contributed by atoms with van der Waals surface area (Å²) >= 11 is 0. The van der Waals surface area contributed by atoms with E-state index in [0.29, 0.717) is 36.3 Å². The van der Waals surface area contributed by atoms with E-state index in [2.05, 4.69) is 5.32 Å². The van der Waals surface area contributed by atoms with Crippen molar-refractivity contribution < 1.29 is 14.3 Å². The molecule has 0 saturated heterocycles. The largest absolute Gasteiger partial charge is 0.508 e. The van der Waals surface area contributed by atoms with E-state index in [0.717, 1.165) is 0 Å². The summed E-state index contributed by atoms with van der Waals surface area (Å²) in [6, 6.07) is 13.0. The van der Waals surface area contributed by atoms with Crippen molar-refractivity contribution in [2.75, 3.05) is 16.8 Å². The Morgan fingerprint density at radius 1 is 1.18 bits per heavy atom. The van der Waals surface area contributed by atoms with Crippen LogP contribution in [-0.4, -0.2) is 17.7 Å². The van der Waals surface area contributed by atoms with E-state index >= 15 is 0 Å². The van der Waals surface area contributed by atoms with Crippen molar-refractivity contribution in [1.82, 2.24) is 0 Å². The van der Waals surface area contributed by atoms with Crippen molar-refractivity contribution in [3.05, 3.63) is 54.1 Å². The third-order valence-corrected chi connectivity index (χ3v) is 3.77. The molecule has 4 nitrogen and oxygen atoms in total. The van der Waals surface area contributed by atoms with Crippen LogP contribution >= 0.6 is 0 Å². The first-order chi connectivity index (χ1) is 10.6. The smallest absolute Gasteiger partial charge is 0.326 e. The highest BCUT2D eigenvalue weighted by Crippen LogP contribution is 2.35. The van der Waals surface area contributed by atoms with Crippen LogP contribution in [0.5, 0.6) is 5.75 Å². The number of fused-ring (bicyclic) bond motifs is 1. The number of phenols is 1. The zero-order valence-electron chi connectivity index (χ0n) is 12.0. The second kappa shape index (κ2) is 6.05. The first kappa shape index (κ1) is 14.4. The van der Waals surface area contributed by atoms with E-state index < -0.39 is 6.17 Å². The van der Waals surface area contributed by atoms with Gasteiger partial charge in [-0.1, -0.05) is 18.2 Å². The van der Waals surface area contributed by atoms with E-state index in [9.17, 15) is 14.3 Å². The van der Waals surface area contributed by atoms with Crippen molar-refractivity contribution >= 4 is 17.4 Å². The minimum absolute atomic E-state index is 0.137. The number of carbonyl (C=O) groups is 1. The van der Waals surface area contributed by atoms with Crippen LogP contribution in [0.4, 0.5) is 20.6 Å². The van der Waals surface area contributed by atoms with Gasteiger partial charge in [0, 0.05) is 17.8 Å². The number of rotatable bonds is 1. The molecule has 0 radical (unpaired) electrons. The number of anilines is 2. The Morgan fingerprint density at radius 3 is 2.68 bits per heavy atom. The predicted molar refractivity (Wildman–Crippen MR) is 84.0 cm³/mol. The van der Waals surface area contributed by atoms with Crippen LogP contribution in [0.1, 0.15) is 24.6 Å². The van der Waals surface area contributed by atoms with E-state index in [1.807, 2.05) is 0 Å². The van der Waals surface area contributed by atoms with Crippen molar-refractivity contribution in [3.63, 3.8) is 0 Å². The molecule has 1 atom stereocenters. The number of carbonyl (C=O) groups excluding carboxylic acids is 1.